The summed E-state index contributed by atoms with van der Waals surface area (Å²) in [6.45, 7) is 5.57. The third-order valence-corrected chi connectivity index (χ3v) is 3.70. The van der Waals surface area contributed by atoms with Gasteiger partial charge in [0.15, 0.2) is 0 Å². The topological polar surface area (TPSA) is 46.6 Å². The minimum Gasteiger partial charge on any atom is -0.465 e. The summed E-state index contributed by atoms with van der Waals surface area (Å²) in [5.41, 5.74) is -0.489. The van der Waals surface area contributed by atoms with E-state index in [2.05, 4.69) is 6.58 Å². The van der Waals surface area contributed by atoms with E-state index in [1.165, 1.54) is 23.1 Å². The standard InChI is InChI=1S/C16H16F3NO3/c1-3-10-9-20(14(21)13(10)15(22)23-4-2)12-7-5-11(6-8-12)16(17,18)19/h3,5-8,10,13H,1,4,9H2,2H3. The molecule has 1 aromatic carbocycles. The molecule has 2 unspecified atom stereocenters. The van der Waals surface area contributed by atoms with Gasteiger partial charge in [0.05, 0.1) is 12.2 Å². The average Bonchev–Trinajstić information content (AvgIpc) is 2.83. The second-order valence-corrected chi connectivity index (χ2v) is 5.12. The minimum atomic E-state index is -4.44. The van der Waals surface area contributed by atoms with Crippen molar-refractivity contribution in [2.45, 2.75) is 13.1 Å². The lowest BCUT2D eigenvalue weighted by atomic mass is 9.96. The quantitative estimate of drug-likeness (QED) is 0.485. The summed E-state index contributed by atoms with van der Waals surface area (Å²) in [4.78, 5) is 25.6. The number of carbonyl (C=O) groups excluding carboxylic acids is 2. The summed E-state index contributed by atoms with van der Waals surface area (Å²) in [6.07, 6.45) is -2.95. The van der Waals surface area contributed by atoms with Gasteiger partial charge in [-0.15, -0.1) is 6.58 Å². The van der Waals surface area contributed by atoms with E-state index in [4.69, 9.17) is 4.74 Å². The number of esters is 1. The highest BCUT2D eigenvalue weighted by molar-refractivity contribution is 6.08. The second-order valence-electron chi connectivity index (χ2n) is 5.12. The van der Waals surface area contributed by atoms with E-state index < -0.39 is 35.5 Å². The number of ether oxygens (including phenoxy) is 1. The number of alkyl halides is 3. The van der Waals surface area contributed by atoms with Crippen LogP contribution < -0.4 is 4.90 Å². The van der Waals surface area contributed by atoms with Gasteiger partial charge in [-0.1, -0.05) is 6.08 Å². The Hall–Kier alpha value is -2.31. The number of hydrogen-bond donors (Lipinski definition) is 0. The number of rotatable bonds is 4. The molecule has 1 amide bonds. The summed E-state index contributed by atoms with van der Waals surface area (Å²) in [7, 11) is 0. The van der Waals surface area contributed by atoms with Crippen LogP contribution in [0.3, 0.4) is 0 Å². The summed E-state index contributed by atoms with van der Waals surface area (Å²) in [5.74, 6) is -2.58. The molecule has 4 nitrogen and oxygen atoms in total. The van der Waals surface area contributed by atoms with Gasteiger partial charge in [-0.05, 0) is 31.2 Å². The van der Waals surface area contributed by atoms with E-state index >= 15 is 0 Å². The van der Waals surface area contributed by atoms with Crippen molar-refractivity contribution >= 4 is 17.6 Å². The van der Waals surface area contributed by atoms with Crippen molar-refractivity contribution in [3.63, 3.8) is 0 Å². The molecule has 0 bridgehead atoms. The number of carbonyl (C=O) groups is 2. The Morgan fingerprint density at radius 2 is 2.00 bits per heavy atom. The van der Waals surface area contributed by atoms with Crippen LogP contribution >= 0.6 is 0 Å². The zero-order valence-corrected chi connectivity index (χ0v) is 12.5. The maximum Gasteiger partial charge on any atom is 0.416 e. The van der Waals surface area contributed by atoms with Crippen molar-refractivity contribution in [1.29, 1.82) is 0 Å². The molecule has 0 aromatic heterocycles. The molecule has 0 radical (unpaired) electrons. The fraction of sp³-hybridized carbons (Fsp3) is 0.375. The lowest BCUT2D eigenvalue weighted by Gasteiger charge is -2.17. The molecule has 0 spiro atoms. The van der Waals surface area contributed by atoms with Crippen LogP contribution in [-0.2, 0) is 20.5 Å². The van der Waals surface area contributed by atoms with E-state index in [-0.39, 0.29) is 13.2 Å². The Balaban J connectivity index is 2.25. The van der Waals surface area contributed by atoms with Gasteiger partial charge in [-0.25, -0.2) is 0 Å². The van der Waals surface area contributed by atoms with E-state index in [1.807, 2.05) is 0 Å². The fourth-order valence-corrected chi connectivity index (χ4v) is 2.54. The first kappa shape index (κ1) is 17.1. The zero-order chi connectivity index (χ0) is 17.2. The molecule has 1 aromatic rings. The van der Waals surface area contributed by atoms with Crippen molar-refractivity contribution in [3.8, 4) is 0 Å². The second kappa shape index (κ2) is 6.44. The van der Waals surface area contributed by atoms with Crippen molar-refractivity contribution in [2.24, 2.45) is 11.8 Å². The Morgan fingerprint density at radius 1 is 1.39 bits per heavy atom. The summed E-state index contributed by atoms with van der Waals surface area (Å²) < 4.78 is 42.7. The zero-order valence-electron chi connectivity index (χ0n) is 12.5. The summed E-state index contributed by atoms with van der Waals surface area (Å²) >= 11 is 0. The van der Waals surface area contributed by atoms with E-state index in [1.54, 1.807) is 6.92 Å². The molecule has 1 saturated heterocycles. The third-order valence-electron chi connectivity index (χ3n) is 3.70. The summed E-state index contributed by atoms with van der Waals surface area (Å²) in [5, 5.41) is 0. The lowest BCUT2D eigenvalue weighted by Crippen LogP contribution is -2.31. The number of benzene rings is 1. The number of nitrogens with zero attached hydrogens (tertiary/aromatic N) is 1. The molecule has 2 atom stereocenters. The van der Waals surface area contributed by atoms with Crippen LogP contribution in [0.15, 0.2) is 36.9 Å². The maximum absolute atomic E-state index is 12.6. The number of hydrogen-bond acceptors (Lipinski definition) is 3. The maximum atomic E-state index is 12.6. The first-order chi connectivity index (χ1) is 10.8. The number of anilines is 1. The molecule has 0 aliphatic carbocycles. The highest BCUT2D eigenvalue weighted by atomic mass is 19.4. The van der Waals surface area contributed by atoms with Gasteiger partial charge >= 0.3 is 12.1 Å². The molecule has 2 rings (SSSR count). The highest BCUT2D eigenvalue weighted by Gasteiger charge is 2.45. The monoisotopic (exact) mass is 327 g/mol. The van der Waals surface area contributed by atoms with E-state index in [0.29, 0.717) is 5.69 Å². The van der Waals surface area contributed by atoms with Crippen LogP contribution in [0.5, 0.6) is 0 Å². The number of halogens is 3. The van der Waals surface area contributed by atoms with Gasteiger partial charge in [0, 0.05) is 18.2 Å². The molecular formula is C16H16F3NO3. The normalized spacial score (nSPS) is 21.4. The van der Waals surface area contributed by atoms with Gasteiger partial charge in [0.25, 0.3) is 0 Å². The predicted molar refractivity (Wildman–Crippen MR) is 77.6 cm³/mol. The van der Waals surface area contributed by atoms with Crippen LogP contribution in [0.4, 0.5) is 18.9 Å². The SMILES string of the molecule is C=CC1CN(c2ccc(C(F)(F)F)cc2)C(=O)C1C(=O)OCC. The minimum absolute atomic E-state index is 0.146. The van der Waals surface area contributed by atoms with Crippen LogP contribution in [0.25, 0.3) is 0 Å². The molecule has 124 valence electrons. The van der Waals surface area contributed by atoms with Crippen molar-refractivity contribution in [2.75, 3.05) is 18.1 Å². The number of amides is 1. The van der Waals surface area contributed by atoms with Crippen LogP contribution in [0.1, 0.15) is 12.5 Å². The van der Waals surface area contributed by atoms with E-state index in [0.717, 1.165) is 12.1 Å². The molecule has 1 aliphatic heterocycles. The molecule has 23 heavy (non-hydrogen) atoms. The fourth-order valence-electron chi connectivity index (χ4n) is 2.54. The highest BCUT2D eigenvalue weighted by Crippen LogP contribution is 2.34. The van der Waals surface area contributed by atoms with Crippen LogP contribution in [-0.4, -0.2) is 25.0 Å². The van der Waals surface area contributed by atoms with Crippen molar-refractivity contribution in [1.82, 2.24) is 0 Å². The third kappa shape index (κ3) is 3.38. The Labute approximate surface area is 131 Å². The molecule has 0 saturated carbocycles. The van der Waals surface area contributed by atoms with Crippen molar-refractivity contribution < 1.29 is 27.5 Å². The van der Waals surface area contributed by atoms with Crippen LogP contribution in [0.2, 0.25) is 0 Å². The molecule has 1 aliphatic rings. The first-order valence-electron chi connectivity index (χ1n) is 7.07. The molecule has 1 heterocycles. The molecular weight excluding hydrogens is 311 g/mol. The molecule has 0 N–H and O–H groups in total. The van der Waals surface area contributed by atoms with Crippen LogP contribution in [0, 0.1) is 11.8 Å². The predicted octanol–water partition coefficient (Wildman–Crippen LogP) is 3.03. The first-order valence-corrected chi connectivity index (χ1v) is 7.07. The Morgan fingerprint density at radius 3 is 2.48 bits per heavy atom. The summed E-state index contributed by atoms with van der Waals surface area (Å²) in [6, 6.07) is 4.25. The van der Waals surface area contributed by atoms with Gasteiger partial charge in [-0.2, -0.15) is 13.2 Å². The smallest absolute Gasteiger partial charge is 0.416 e. The van der Waals surface area contributed by atoms with Gasteiger partial charge in [0.1, 0.15) is 5.92 Å². The molecule has 7 heteroatoms. The Kier molecular flexibility index (Phi) is 4.77. The average molecular weight is 327 g/mol. The lowest BCUT2D eigenvalue weighted by molar-refractivity contribution is -0.151. The van der Waals surface area contributed by atoms with Gasteiger partial charge < -0.3 is 9.64 Å². The largest absolute Gasteiger partial charge is 0.465 e. The van der Waals surface area contributed by atoms with Gasteiger partial charge in [0.2, 0.25) is 5.91 Å². The molecule has 1 fully saturated rings. The Bertz CT molecular complexity index is 610. The van der Waals surface area contributed by atoms with Crippen molar-refractivity contribution in [3.05, 3.63) is 42.5 Å². The van der Waals surface area contributed by atoms with E-state index in [9.17, 15) is 22.8 Å². The van der Waals surface area contributed by atoms with Gasteiger partial charge in [-0.3, -0.25) is 9.59 Å².